The van der Waals surface area contributed by atoms with Crippen LogP contribution in [-0.2, 0) is 38.4 Å². The Morgan fingerprint density at radius 1 is 0.375 bits per heavy atom. The van der Waals surface area contributed by atoms with Crippen LogP contribution >= 0.6 is 0 Å². The first-order valence-electron chi connectivity index (χ1n) is 25.0. The Morgan fingerprint density at radius 2 is 0.611 bits per heavy atom. The van der Waals surface area contributed by atoms with Gasteiger partial charge in [0, 0.05) is 51.5 Å². The van der Waals surface area contributed by atoms with E-state index < -0.39 is 10.8 Å². The third-order valence-corrected chi connectivity index (χ3v) is 14.5. The van der Waals surface area contributed by atoms with Gasteiger partial charge in [0.2, 0.25) is 0 Å². The van der Waals surface area contributed by atoms with Gasteiger partial charge in [-0.25, -0.2) is 0 Å². The van der Waals surface area contributed by atoms with Gasteiger partial charge < -0.3 is 22.6 Å². The van der Waals surface area contributed by atoms with Crippen LogP contribution in [-0.4, -0.2) is 34.7 Å². The van der Waals surface area contributed by atoms with Crippen LogP contribution < -0.4 is 12.4 Å². The summed E-state index contributed by atoms with van der Waals surface area (Å²) in [5.74, 6) is 0.489. The summed E-state index contributed by atoms with van der Waals surface area (Å²) in [5.41, 5.74) is 9.88. The molecule has 0 spiro atoms. The van der Waals surface area contributed by atoms with Crippen LogP contribution in [0.1, 0.15) is 134 Å². The quantitative estimate of drug-likeness (QED) is 0.0946. The molecule has 4 nitrogen and oxygen atoms in total. The maximum Gasteiger partial charge on any atom is 0.128 e. The molecule has 72 heavy (non-hydrogen) atoms. The van der Waals surface area contributed by atoms with Crippen molar-refractivity contribution in [3.8, 4) is 11.5 Å². The van der Waals surface area contributed by atoms with Gasteiger partial charge >= 0.3 is 0 Å². The molecule has 0 heterocycles. The molecule has 2 atom stereocenters. The molecule has 1 saturated carbocycles. The van der Waals surface area contributed by atoms with Crippen LogP contribution in [0.15, 0.2) is 216 Å². The van der Waals surface area contributed by atoms with E-state index in [9.17, 15) is 10.2 Å². The Morgan fingerprint density at radius 3 is 0.833 bits per heavy atom. The largest absolute Gasteiger partial charge is 1.00 e. The van der Waals surface area contributed by atoms with Gasteiger partial charge in [0.15, 0.2) is 0 Å². The van der Waals surface area contributed by atoms with Gasteiger partial charge in [-0.05, 0) is 92.4 Å². The fraction of sp³-hybridized carbons (Fsp3) is 0.242. The Kier molecular flexibility index (Phi) is 16.7. The molecule has 0 amide bonds. The minimum atomic E-state index is -0.695. The minimum Gasteiger partial charge on any atom is -1.00 e. The zero-order valence-electron chi connectivity index (χ0n) is 42.3. The molecule has 0 unspecified atom stereocenters. The third-order valence-electron chi connectivity index (χ3n) is 14.5. The van der Waals surface area contributed by atoms with Crippen molar-refractivity contribution in [1.82, 2.24) is 0 Å². The molecule has 8 aromatic carbocycles. The van der Waals surface area contributed by atoms with Crippen LogP contribution in [0, 0.1) is 0 Å². The number of phenolic OH excluding ortho intramolecular Hbond substituents is 2. The number of phenols is 2. The van der Waals surface area contributed by atoms with Crippen molar-refractivity contribution >= 4 is 12.4 Å². The first-order chi connectivity index (χ1) is 33.8. The van der Waals surface area contributed by atoms with Crippen molar-refractivity contribution in [2.24, 2.45) is 9.98 Å². The second kappa shape index (κ2) is 22.5. The molecule has 8 aromatic rings. The summed E-state index contributed by atoms with van der Waals surface area (Å²) in [6.45, 7) is 13.0. The van der Waals surface area contributed by atoms with Crippen molar-refractivity contribution in [3.63, 3.8) is 0 Å². The molecule has 0 saturated heterocycles. The molecule has 9 rings (SSSR count). The average Bonchev–Trinajstić information content (AvgIpc) is 3.38. The summed E-state index contributed by atoms with van der Waals surface area (Å²) < 4.78 is 0. The topological polar surface area (TPSA) is 65.2 Å². The number of rotatable bonds is 12. The van der Waals surface area contributed by atoms with Gasteiger partial charge in [-0.15, -0.1) is 0 Å². The minimum absolute atomic E-state index is 0. The third kappa shape index (κ3) is 10.4. The van der Waals surface area contributed by atoms with E-state index in [1.54, 1.807) is 0 Å². The van der Waals surface area contributed by atoms with Gasteiger partial charge in [0.1, 0.15) is 11.5 Å². The van der Waals surface area contributed by atoms with Crippen molar-refractivity contribution in [1.29, 1.82) is 0 Å². The van der Waals surface area contributed by atoms with Gasteiger partial charge in [0.25, 0.3) is 0 Å². The second-order valence-electron chi connectivity index (χ2n) is 21.1. The van der Waals surface area contributed by atoms with Gasteiger partial charge in [-0.3, -0.25) is 9.98 Å². The van der Waals surface area contributed by atoms with E-state index >= 15 is 0 Å². The average molecular weight is 1010 g/mol. The monoisotopic (exact) mass is 1010 g/mol. The van der Waals surface area contributed by atoms with E-state index in [2.05, 4.69) is 248 Å². The second-order valence-corrected chi connectivity index (χ2v) is 21.1. The van der Waals surface area contributed by atoms with Crippen LogP contribution in [0.4, 0.5) is 0 Å². The molecule has 0 aromatic heterocycles. The predicted octanol–water partition coefficient (Wildman–Crippen LogP) is 12.3. The Hall–Kier alpha value is -6.50. The maximum absolute atomic E-state index is 12.3. The number of hydrogen-bond donors (Lipinski definition) is 2. The summed E-state index contributed by atoms with van der Waals surface area (Å²) in [4.78, 5) is 10.7. The summed E-state index contributed by atoms with van der Waals surface area (Å²) >= 11 is 0. The van der Waals surface area contributed by atoms with Gasteiger partial charge in [-0.1, -0.05) is 236 Å². The molecule has 369 valence electrons. The van der Waals surface area contributed by atoms with E-state index in [0.29, 0.717) is 11.1 Å². The summed E-state index contributed by atoms with van der Waals surface area (Å²) in [6, 6.07) is 72.8. The van der Waals surface area contributed by atoms with E-state index in [0.717, 1.165) is 81.3 Å². The number of benzene rings is 8. The van der Waals surface area contributed by atoms with Gasteiger partial charge in [-0.2, -0.15) is 0 Å². The SMILES string of the molecule is CC(C)(C)c1cc(C(c2ccccc2)(c2ccccc2)c2ccccc2)cc(C=N[C@@H]2CCCC[C@H]2N=Cc2cc(C(c3ccccc3)(c3ccccc3)c3ccccc3)cc(C(C)(C)C)c2O)c1O.[Cl-].[Co]. The Balaban J connectivity index is 0.00000380. The molecular formula is C66H66ClCoN2O2-. The molecular weight excluding hydrogens is 947 g/mol. The van der Waals surface area contributed by atoms with Crippen LogP contribution in [0.3, 0.4) is 0 Å². The molecule has 0 bridgehead atoms. The molecule has 1 radical (unpaired) electrons. The molecule has 1 fully saturated rings. The number of hydrogen-bond acceptors (Lipinski definition) is 4. The first-order valence-corrected chi connectivity index (χ1v) is 25.0. The molecule has 1 aliphatic rings. The van der Waals surface area contributed by atoms with Crippen molar-refractivity contribution in [3.05, 3.63) is 273 Å². The van der Waals surface area contributed by atoms with Crippen molar-refractivity contribution in [2.45, 2.75) is 101 Å². The molecule has 2 N–H and O–H groups in total. The first kappa shape index (κ1) is 53.3. The number of aliphatic imine (C=N–C) groups is 2. The summed E-state index contributed by atoms with van der Waals surface area (Å²) in [6.07, 6.45) is 7.62. The zero-order chi connectivity index (χ0) is 48.9. The fourth-order valence-electron chi connectivity index (χ4n) is 11.0. The van der Waals surface area contributed by atoms with Crippen LogP contribution in [0.25, 0.3) is 0 Å². The molecule has 0 aliphatic heterocycles. The standard InChI is InChI=1S/C66H66N2O2.ClH.Co/c1-63(2,3)57-43-55(65(49-27-13-7-14-28-49,50-29-15-8-16-30-50)51-31-17-9-18-32-51)41-47(61(57)69)45-67-59-39-25-26-40-60(59)68-46-48-42-56(44-58(62(48)70)64(4,5)6)66(52-33-19-10-20-34-52,53-35-21-11-22-36-53)54-37-23-12-24-38-54;;/h7-24,27-38,41-46,59-60,69-70H,25-26,39-40H2,1-6H3;1H;/p-1/t59-,60-;;/m1../s1. The Labute approximate surface area is 444 Å². The predicted molar refractivity (Wildman–Crippen MR) is 291 cm³/mol. The summed E-state index contributed by atoms with van der Waals surface area (Å²) in [5, 5.41) is 24.6. The number of halogens is 1. The van der Waals surface area contributed by atoms with Crippen LogP contribution in [0.2, 0.25) is 0 Å². The number of nitrogens with zero attached hydrogens (tertiary/aromatic N) is 2. The van der Waals surface area contributed by atoms with Gasteiger partial charge in [0.05, 0.1) is 22.9 Å². The van der Waals surface area contributed by atoms with E-state index in [-0.39, 0.29) is 63.6 Å². The van der Waals surface area contributed by atoms with E-state index in [1.807, 2.05) is 12.4 Å². The maximum atomic E-state index is 12.3. The normalized spacial score (nSPS) is 15.5. The van der Waals surface area contributed by atoms with Crippen molar-refractivity contribution in [2.75, 3.05) is 0 Å². The summed E-state index contributed by atoms with van der Waals surface area (Å²) in [7, 11) is 0. The Bertz CT molecular complexity index is 2670. The van der Waals surface area contributed by atoms with E-state index in [1.165, 1.54) is 0 Å². The molecule has 6 heteroatoms. The fourth-order valence-corrected chi connectivity index (χ4v) is 11.0. The zero-order valence-corrected chi connectivity index (χ0v) is 44.1. The van der Waals surface area contributed by atoms with Crippen LogP contribution in [0.5, 0.6) is 11.5 Å². The smallest absolute Gasteiger partial charge is 0.128 e. The van der Waals surface area contributed by atoms with Crippen molar-refractivity contribution < 1.29 is 39.4 Å². The van der Waals surface area contributed by atoms with E-state index in [4.69, 9.17) is 9.98 Å². The number of aromatic hydroxyl groups is 2. The molecule has 1 aliphatic carbocycles.